The van der Waals surface area contributed by atoms with Crippen molar-refractivity contribution in [2.75, 3.05) is 5.43 Å². The van der Waals surface area contributed by atoms with Crippen LogP contribution in [-0.4, -0.2) is 31.5 Å². The molecular weight excluding hydrogens is 314 g/mol. The summed E-state index contributed by atoms with van der Waals surface area (Å²) in [4.78, 5) is 10.4. The molecule has 0 saturated heterocycles. The van der Waals surface area contributed by atoms with E-state index in [1.165, 1.54) is 4.68 Å². The number of nitrogens with zero attached hydrogens (tertiary/aromatic N) is 5. The van der Waals surface area contributed by atoms with Gasteiger partial charge in [0.25, 0.3) is 0 Å². The quantitative estimate of drug-likeness (QED) is 0.308. The van der Waals surface area contributed by atoms with E-state index in [0.717, 1.165) is 0 Å². The van der Waals surface area contributed by atoms with Crippen molar-refractivity contribution < 1.29 is 38.4 Å². The SMILES string of the molecule is NC(=O)NNc1nnc(-[n+]2ccc[nH]2)nn1.[O-][Cl+3]([O-])([O-])[O-]. The smallest absolute Gasteiger partial charge is 0.350 e. The third kappa shape index (κ3) is 7.50. The van der Waals surface area contributed by atoms with Crippen LogP contribution in [0.4, 0.5) is 10.7 Å². The lowest BCUT2D eigenvalue weighted by Crippen LogP contribution is -2.68. The molecule has 0 aliphatic carbocycles. The minimum absolute atomic E-state index is 0.0368. The Labute approximate surface area is 117 Å². The molecule has 0 aliphatic rings. The summed E-state index contributed by atoms with van der Waals surface area (Å²) in [6.45, 7) is 0. The molecule has 2 amide bonds. The fraction of sp³-hybridized carbons (Fsp3) is 0. The number of carbonyl (C=O) groups excluding carboxylic acids is 1. The summed E-state index contributed by atoms with van der Waals surface area (Å²) in [7, 11) is -4.94. The van der Waals surface area contributed by atoms with Gasteiger partial charge >= 0.3 is 17.9 Å². The molecule has 0 unspecified atom stereocenters. The van der Waals surface area contributed by atoms with Crippen molar-refractivity contribution in [2.24, 2.45) is 5.73 Å². The van der Waals surface area contributed by atoms with Gasteiger partial charge < -0.3 is 5.73 Å². The molecule has 0 aliphatic heterocycles. The first-order valence-corrected chi connectivity index (χ1v) is 6.05. The van der Waals surface area contributed by atoms with Gasteiger partial charge in [-0.3, -0.25) is 10.5 Å². The fourth-order valence-corrected chi connectivity index (χ4v) is 0.908. The second-order valence-electron chi connectivity index (χ2n) is 3.02. The molecule has 0 radical (unpaired) electrons. The van der Waals surface area contributed by atoms with Crippen molar-refractivity contribution in [1.29, 1.82) is 0 Å². The molecule has 15 heteroatoms. The number of nitrogens with two attached hydrogens (primary N) is 1. The van der Waals surface area contributed by atoms with Crippen LogP contribution in [0.15, 0.2) is 18.5 Å². The Morgan fingerprint density at radius 1 is 1.24 bits per heavy atom. The number of aromatic amines is 1. The van der Waals surface area contributed by atoms with Crippen LogP contribution in [0.5, 0.6) is 0 Å². The van der Waals surface area contributed by atoms with Crippen LogP contribution in [-0.2, 0) is 0 Å². The number of hydrogen-bond donors (Lipinski definition) is 4. The monoisotopic (exact) mass is 321 g/mol. The molecule has 2 aromatic rings. The molecule has 0 fully saturated rings. The minimum atomic E-state index is -4.94. The zero-order valence-corrected chi connectivity index (χ0v) is 10.7. The molecule has 0 spiro atoms. The topological polar surface area (TPSA) is 231 Å². The van der Waals surface area contributed by atoms with Gasteiger partial charge in [0.2, 0.25) is 0 Å². The van der Waals surface area contributed by atoms with Gasteiger partial charge in [-0.2, -0.15) is 0 Å². The number of halogens is 1. The van der Waals surface area contributed by atoms with Crippen molar-refractivity contribution in [3.8, 4) is 5.95 Å². The van der Waals surface area contributed by atoms with Crippen molar-refractivity contribution in [1.82, 2.24) is 30.9 Å². The maximum atomic E-state index is 10.4. The maximum Gasteiger partial charge on any atom is 0.500 e. The molecule has 5 N–H and O–H groups in total. The number of amides is 2. The van der Waals surface area contributed by atoms with Crippen LogP contribution >= 0.6 is 0 Å². The second kappa shape index (κ2) is 7.22. The maximum absolute atomic E-state index is 10.4. The Bertz CT molecular complexity index is 549. The number of primary amides is 1. The zero-order valence-electron chi connectivity index (χ0n) is 9.96. The third-order valence-electron chi connectivity index (χ3n) is 1.53. The summed E-state index contributed by atoms with van der Waals surface area (Å²) >= 11 is 0. The Balaban J connectivity index is 0.000000383. The van der Waals surface area contributed by atoms with Crippen molar-refractivity contribution in [3.63, 3.8) is 0 Å². The van der Waals surface area contributed by atoms with Crippen LogP contribution in [0, 0.1) is 10.2 Å². The van der Waals surface area contributed by atoms with E-state index in [0.29, 0.717) is 0 Å². The highest BCUT2D eigenvalue weighted by Crippen LogP contribution is 1.89. The number of H-pyrrole nitrogens is 1. The van der Waals surface area contributed by atoms with Crippen LogP contribution in [0.1, 0.15) is 0 Å². The summed E-state index contributed by atoms with van der Waals surface area (Å²) in [6.07, 6.45) is 3.40. The van der Waals surface area contributed by atoms with E-state index in [1.54, 1.807) is 18.5 Å². The molecule has 0 aromatic carbocycles. The molecule has 21 heavy (non-hydrogen) atoms. The standard InChI is InChI=1S/C6H7N9O.ClHO4/c7-4(16)9-10-5-11-13-6(14-12-5)15-3-1-2-8-15;2-1(3,4)5/h1-3H,(H4,7,9,10,11,12,13,14,16);(H,2,3,4,5). The highest BCUT2D eigenvalue weighted by Gasteiger charge is 2.13. The number of urea groups is 1. The predicted molar refractivity (Wildman–Crippen MR) is 49.8 cm³/mol. The molecule has 2 rings (SSSR count). The summed E-state index contributed by atoms with van der Waals surface area (Å²) < 4.78 is 35.5. The first kappa shape index (κ1) is 16.4. The normalized spacial score (nSPS) is 10.3. The number of hydrogen-bond acceptors (Lipinski definition) is 10. The highest BCUT2D eigenvalue weighted by atomic mass is 35.7. The van der Waals surface area contributed by atoms with Gasteiger partial charge in [-0.1, -0.05) is 0 Å². The van der Waals surface area contributed by atoms with E-state index in [4.69, 9.17) is 24.4 Å². The second-order valence-corrected chi connectivity index (χ2v) is 3.78. The molecular formula is C6H8ClN9O5. The molecule has 2 heterocycles. The van der Waals surface area contributed by atoms with Gasteiger partial charge in [0, 0.05) is 6.20 Å². The van der Waals surface area contributed by atoms with E-state index in [1.807, 2.05) is 0 Å². The van der Waals surface area contributed by atoms with Gasteiger partial charge in [-0.05, 0) is 16.3 Å². The van der Waals surface area contributed by atoms with E-state index in [9.17, 15) is 4.79 Å². The third-order valence-corrected chi connectivity index (χ3v) is 1.53. The van der Waals surface area contributed by atoms with E-state index in [-0.39, 0.29) is 11.9 Å². The number of hydrazine groups is 1. The zero-order chi connectivity index (χ0) is 15.9. The fourth-order valence-electron chi connectivity index (χ4n) is 0.908. The lowest BCUT2D eigenvalue weighted by molar-refractivity contribution is -2.00. The van der Waals surface area contributed by atoms with E-state index < -0.39 is 16.3 Å². The number of aromatic nitrogens is 6. The van der Waals surface area contributed by atoms with Crippen molar-refractivity contribution >= 4 is 12.0 Å². The van der Waals surface area contributed by atoms with Gasteiger partial charge in [-0.25, -0.2) is 28.9 Å². The first-order valence-electron chi connectivity index (χ1n) is 4.82. The Kier molecular flexibility index (Phi) is 5.64. The average Bonchev–Trinajstić information content (AvgIpc) is 2.89. The van der Waals surface area contributed by atoms with Crippen LogP contribution in [0.25, 0.3) is 5.95 Å². The lowest BCUT2D eigenvalue weighted by atomic mass is 10.7. The summed E-state index contributed by atoms with van der Waals surface area (Å²) in [5.41, 5.74) is 9.24. The van der Waals surface area contributed by atoms with Gasteiger partial charge in [0.15, 0.2) is 0 Å². The van der Waals surface area contributed by atoms with E-state index >= 15 is 0 Å². The van der Waals surface area contributed by atoms with E-state index in [2.05, 4.69) is 36.3 Å². The molecule has 0 saturated carbocycles. The molecule has 114 valence electrons. The molecule has 2 aromatic heterocycles. The molecule has 0 atom stereocenters. The summed E-state index contributed by atoms with van der Waals surface area (Å²) in [5.74, 6) is 0.310. The molecule has 0 bridgehead atoms. The van der Waals surface area contributed by atoms with Crippen LogP contribution in [0.2, 0.25) is 0 Å². The predicted octanol–water partition coefficient (Wildman–Crippen LogP) is -6.89. The Morgan fingerprint density at radius 2 is 1.81 bits per heavy atom. The largest absolute Gasteiger partial charge is 0.500 e. The average molecular weight is 322 g/mol. The first-order chi connectivity index (χ1) is 9.75. The molecule has 14 nitrogen and oxygen atoms in total. The summed E-state index contributed by atoms with van der Waals surface area (Å²) in [6, 6.07) is 1.01. The van der Waals surface area contributed by atoms with Crippen LogP contribution in [0.3, 0.4) is 0 Å². The number of nitrogens with one attached hydrogen (secondary N) is 3. The van der Waals surface area contributed by atoms with Crippen LogP contribution < -0.4 is 39.9 Å². The number of carbonyl (C=O) groups is 1. The minimum Gasteiger partial charge on any atom is -0.350 e. The summed E-state index contributed by atoms with van der Waals surface area (Å²) in [5, 5.41) is 17.7. The van der Waals surface area contributed by atoms with Gasteiger partial charge in [-0.15, -0.1) is 14.9 Å². The number of rotatable bonds is 3. The Hall–Kier alpha value is -2.65. The lowest BCUT2D eigenvalue weighted by Gasteiger charge is -2.17. The van der Waals surface area contributed by atoms with Gasteiger partial charge in [0.05, 0.1) is 16.4 Å². The van der Waals surface area contributed by atoms with Gasteiger partial charge in [0.1, 0.15) is 0 Å². The Morgan fingerprint density at radius 3 is 2.24 bits per heavy atom. The highest BCUT2D eigenvalue weighted by molar-refractivity contribution is 5.72. The number of anilines is 1. The van der Waals surface area contributed by atoms with Crippen molar-refractivity contribution in [2.45, 2.75) is 0 Å². The van der Waals surface area contributed by atoms with Crippen molar-refractivity contribution in [3.05, 3.63) is 18.5 Å².